The molecule has 8 heteroatoms. The van der Waals surface area contributed by atoms with Gasteiger partial charge < -0.3 is 15.4 Å². The highest BCUT2D eigenvalue weighted by Gasteiger charge is 2.34. The number of aromatic nitrogens is 3. The Bertz CT molecular complexity index is 1370. The molecule has 29 heavy (non-hydrogen) atoms. The molecule has 0 bridgehead atoms. The Morgan fingerprint density at radius 1 is 1.10 bits per heavy atom. The van der Waals surface area contributed by atoms with Crippen molar-refractivity contribution < 1.29 is 14.8 Å². The van der Waals surface area contributed by atoms with Crippen LogP contribution in [0.4, 0.5) is 4.39 Å². The first-order valence-electron chi connectivity index (χ1n) is 9.31. The van der Waals surface area contributed by atoms with Gasteiger partial charge in [0.2, 0.25) is 5.88 Å². The van der Waals surface area contributed by atoms with Crippen molar-refractivity contribution in [3.63, 3.8) is 0 Å². The van der Waals surface area contributed by atoms with E-state index in [1.807, 2.05) is 29.6 Å². The molecule has 3 heterocycles. The Labute approximate surface area is 163 Å². The number of fused-ring (bicyclic) bond motifs is 3. The van der Waals surface area contributed by atoms with Gasteiger partial charge >= 0.3 is 5.69 Å². The van der Waals surface area contributed by atoms with Crippen molar-refractivity contribution >= 4 is 10.9 Å². The molecule has 0 amide bonds. The average molecular weight is 393 g/mol. The summed E-state index contributed by atoms with van der Waals surface area (Å²) in [4.78, 5) is 30.7. The van der Waals surface area contributed by atoms with E-state index in [1.165, 1.54) is 18.2 Å². The van der Waals surface area contributed by atoms with Gasteiger partial charge in [-0.15, -0.1) is 0 Å². The fraction of sp³-hybridized carbons (Fsp3) is 0.143. The smallest absolute Gasteiger partial charge is 0.335 e. The van der Waals surface area contributed by atoms with Crippen LogP contribution >= 0.6 is 0 Å². The monoisotopic (exact) mass is 393 g/mol. The van der Waals surface area contributed by atoms with Gasteiger partial charge in [-0.2, -0.15) is 0 Å². The third-order valence-corrected chi connectivity index (χ3v) is 5.45. The van der Waals surface area contributed by atoms with E-state index in [4.69, 9.17) is 0 Å². The van der Waals surface area contributed by atoms with Crippen LogP contribution in [-0.2, 0) is 6.42 Å². The molecular weight excluding hydrogens is 375 g/mol. The normalized spacial score (nSPS) is 16.1. The van der Waals surface area contributed by atoms with Crippen LogP contribution < -0.4 is 16.6 Å². The lowest BCUT2D eigenvalue weighted by atomic mass is 9.95. The minimum Gasteiger partial charge on any atom is -0.494 e. The number of hydrogen-bond donors (Lipinski definition) is 4. The third kappa shape index (κ3) is 2.68. The molecule has 0 aliphatic carbocycles. The Morgan fingerprint density at radius 3 is 2.76 bits per heavy atom. The molecule has 7 nitrogen and oxygen atoms in total. The number of rotatable bonds is 2. The molecule has 0 unspecified atom stereocenters. The second-order valence-electron chi connectivity index (χ2n) is 7.13. The second kappa shape index (κ2) is 6.46. The lowest BCUT2D eigenvalue weighted by molar-refractivity contribution is -0.690. The Kier molecular flexibility index (Phi) is 3.88. The molecule has 1 aliphatic heterocycles. The van der Waals surface area contributed by atoms with Crippen molar-refractivity contribution in [2.45, 2.75) is 12.5 Å². The van der Waals surface area contributed by atoms with Gasteiger partial charge in [-0.1, -0.05) is 24.3 Å². The van der Waals surface area contributed by atoms with Crippen molar-refractivity contribution in [3.8, 4) is 11.6 Å². The zero-order valence-electron chi connectivity index (χ0n) is 15.3. The van der Waals surface area contributed by atoms with Gasteiger partial charge in [-0.25, -0.2) is 13.8 Å². The van der Waals surface area contributed by atoms with Gasteiger partial charge in [0, 0.05) is 17.3 Å². The lowest BCUT2D eigenvalue weighted by Crippen LogP contribution is -2.87. The van der Waals surface area contributed by atoms with Gasteiger partial charge in [-0.05, 0) is 29.8 Å². The molecule has 2 aromatic heterocycles. The number of nitrogens with two attached hydrogens (primary N) is 1. The van der Waals surface area contributed by atoms with Crippen LogP contribution in [0, 0.1) is 5.82 Å². The Balaban J connectivity index is 1.75. The zero-order chi connectivity index (χ0) is 20.1. The summed E-state index contributed by atoms with van der Waals surface area (Å²) in [6.07, 6.45) is 0.818. The number of benzene rings is 2. The lowest BCUT2D eigenvalue weighted by Gasteiger charge is -2.22. The summed E-state index contributed by atoms with van der Waals surface area (Å²) >= 11 is 0. The molecule has 0 saturated carbocycles. The number of quaternary nitrogens is 1. The maximum Gasteiger partial charge on any atom is 0.335 e. The van der Waals surface area contributed by atoms with Crippen molar-refractivity contribution in [3.05, 3.63) is 92.0 Å². The predicted octanol–water partition coefficient (Wildman–Crippen LogP) is 1.06. The standard InChI is InChI=1S/C21H17FN4O3/c22-11-4-3-5-12(10-11)26-20(28)16(19(27)25-21(26)29)18-17-14(8-9-23-18)13-6-1-2-7-15(13)24-17/h1-7,10,18,23-24,28H,8-9H2,(H,25,27,29)/p+1/t18-/m0/s1. The first-order valence-corrected chi connectivity index (χ1v) is 9.31. The van der Waals surface area contributed by atoms with E-state index in [0.717, 1.165) is 45.8 Å². The van der Waals surface area contributed by atoms with Crippen LogP contribution in [0.25, 0.3) is 16.6 Å². The summed E-state index contributed by atoms with van der Waals surface area (Å²) < 4.78 is 14.6. The SMILES string of the molecule is O=c1[nH]c(=O)n(-c2cccc(F)c2)c(O)c1[C@@H]1[NH2+]CCc2c1[nH]c1ccccc21. The summed E-state index contributed by atoms with van der Waals surface area (Å²) in [5.41, 5.74) is 1.58. The Morgan fingerprint density at radius 2 is 1.93 bits per heavy atom. The molecule has 1 atom stereocenters. The third-order valence-electron chi connectivity index (χ3n) is 5.45. The number of nitrogens with zero attached hydrogens (tertiary/aromatic N) is 1. The molecule has 0 spiro atoms. The molecule has 4 aromatic rings. The molecule has 2 aromatic carbocycles. The molecule has 0 saturated heterocycles. The Hall–Kier alpha value is -3.65. The molecule has 5 rings (SSSR count). The van der Waals surface area contributed by atoms with E-state index in [0.29, 0.717) is 0 Å². The molecule has 1 aliphatic rings. The molecule has 0 radical (unpaired) electrons. The fourth-order valence-corrected chi connectivity index (χ4v) is 4.20. The number of para-hydroxylation sites is 1. The zero-order valence-corrected chi connectivity index (χ0v) is 15.3. The molecular formula is C21H18FN4O3+. The summed E-state index contributed by atoms with van der Waals surface area (Å²) in [5, 5.41) is 14.0. The molecule has 5 N–H and O–H groups in total. The number of nitrogens with one attached hydrogen (secondary N) is 2. The van der Waals surface area contributed by atoms with Crippen molar-refractivity contribution in [2.24, 2.45) is 0 Å². The summed E-state index contributed by atoms with van der Waals surface area (Å²) in [5.74, 6) is -1.04. The summed E-state index contributed by atoms with van der Waals surface area (Å²) in [6, 6.07) is 12.6. The first kappa shape index (κ1) is 17.4. The molecule has 0 fully saturated rings. The van der Waals surface area contributed by atoms with Crippen LogP contribution in [-0.4, -0.2) is 26.2 Å². The number of hydrogen-bond acceptors (Lipinski definition) is 3. The maximum absolute atomic E-state index is 13.7. The first-order chi connectivity index (χ1) is 14.0. The largest absolute Gasteiger partial charge is 0.494 e. The van der Waals surface area contributed by atoms with Crippen molar-refractivity contribution in [2.75, 3.05) is 6.54 Å². The van der Waals surface area contributed by atoms with E-state index >= 15 is 0 Å². The van der Waals surface area contributed by atoms with Gasteiger partial charge in [-0.3, -0.25) is 9.78 Å². The van der Waals surface area contributed by atoms with E-state index in [2.05, 4.69) is 9.97 Å². The van der Waals surface area contributed by atoms with Crippen LogP contribution in [0.2, 0.25) is 0 Å². The van der Waals surface area contributed by atoms with E-state index < -0.39 is 29.0 Å². The topological polar surface area (TPSA) is 107 Å². The summed E-state index contributed by atoms with van der Waals surface area (Å²) in [6.45, 7) is 0.720. The van der Waals surface area contributed by atoms with Crippen molar-refractivity contribution in [1.29, 1.82) is 0 Å². The van der Waals surface area contributed by atoms with E-state index in [-0.39, 0.29) is 11.3 Å². The minimum absolute atomic E-state index is 0.0568. The van der Waals surface area contributed by atoms with Gasteiger partial charge in [0.1, 0.15) is 11.4 Å². The highest BCUT2D eigenvalue weighted by atomic mass is 19.1. The highest BCUT2D eigenvalue weighted by molar-refractivity contribution is 5.85. The van der Waals surface area contributed by atoms with E-state index in [9.17, 15) is 19.1 Å². The number of halogens is 1. The second-order valence-corrected chi connectivity index (χ2v) is 7.13. The minimum atomic E-state index is -0.825. The van der Waals surface area contributed by atoms with Gasteiger partial charge in [0.05, 0.1) is 17.9 Å². The van der Waals surface area contributed by atoms with Crippen LogP contribution in [0.15, 0.2) is 58.1 Å². The highest BCUT2D eigenvalue weighted by Crippen LogP contribution is 2.32. The average Bonchev–Trinajstić information content (AvgIpc) is 3.07. The maximum atomic E-state index is 13.7. The van der Waals surface area contributed by atoms with Crippen LogP contribution in [0.3, 0.4) is 0 Å². The predicted molar refractivity (Wildman–Crippen MR) is 105 cm³/mol. The quantitative estimate of drug-likeness (QED) is 0.409. The molecule has 146 valence electrons. The van der Waals surface area contributed by atoms with Crippen LogP contribution in [0.1, 0.15) is 22.9 Å². The van der Waals surface area contributed by atoms with E-state index in [1.54, 1.807) is 0 Å². The van der Waals surface area contributed by atoms with Crippen molar-refractivity contribution in [1.82, 2.24) is 14.5 Å². The van der Waals surface area contributed by atoms with Gasteiger partial charge in [0.15, 0.2) is 6.04 Å². The number of H-pyrrole nitrogens is 2. The number of aromatic amines is 2. The number of aromatic hydroxyl groups is 1. The summed E-state index contributed by atoms with van der Waals surface area (Å²) in [7, 11) is 0. The van der Waals surface area contributed by atoms with Crippen LogP contribution in [0.5, 0.6) is 5.88 Å². The van der Waals surface area contributed by atoms with Gasteiger partial charge in [0.25, 0.3) is 5.56 Å². The fourth-order valence-electron chi connectivity index (χ4n) is 4.20.